The largest absolute Gasteiger partial charge is 0.325 e. The molecule has 0 atom stereocenters. The first kappa shape index (κ1) is 19.1. The molecule has 0 spiro atoms. The van der Waals surface area contributed by atoms with Crippen LogP contribution in [0.4, 0.5) is 0 Å². The third-order valence-corrected chi connectivity index (χ3v) is 6.44. The van der Waals surface area contributed by atoms with Crippen LogP contribution in [-0.2, 0) is 16.7 Å². The van der Waals surface area contributed by atoms with Gasteiger partial charge in [-0.1, -0.05) is 54.6 Å². The monoisotopic (exact) mass is 396 g/mol. The normalized spacial score (nSPS) is 13.1. The minimum Gasteiger partial charge on any atom is -0.325 e. The molecule has 0 radical (unpaired) electrons. The highest BCUT2D eigenvalue weighted by Gasteiger charge is 2.19. The van der Waals surface area contributed by atoms with Crippen molar-refractivity contribution in [3.05, 3.63) is 60.2 Å². The SMILES string of the molecule is C[N+](C)(CCCCS(=O)(=O)O)Cc1ccc2ccc3cccc4ccc1c2c34. The fourth-order valence-electron chi connectivity index (χ4n) is 4.30. The van der Waals surface area contributed by atoms with Crippen LogP contribution in [0.15, 0.2) is 54.6 Å². The summed E-state index contributed by atoms with van der Waals surface area (Å²) in [4.78, 5) is 0. The fraction of sp³-hybridized carbons (Fsp3) is 0.304. The summed E-state index contributed by atoms with van der Waals surface area (Å²) in [7, 11) is 0.478. The molecule has 0 aliphatic carbocycles. The van der Waals surface area contributed by atoms with Crippen LogP contribution in [0, 0.1) is 0 Å². The van der Waals surface area contributed by atoms with Gasteiger partial charge in [0.2, 0.25) is 0 Å². The van der Waals surface area contributed by atoms with Crippen LogP contribution in [0.5, 0.6) is 0 Å². The van der Waals surface area contributed by atoms with Crippen molar-refractivity contribution in [1.29, 1.82) is 0 Å². The van der Waals surface area contributed by atoms with Crippen LogP contribution in [0.3, 0.4) is 0 Å². The van der Waals surface area contributed by atoms with Gasteiger partial charge in [0.1, 0.15) is 6.54 Å². The Bertz CT molecular complexity index is 1230. The van der Waals surface area contributed by atoms with Crippen LogP contribution >= 0.6 is 0 Å². The van der Waals surface area contributed by atoms with Crippen LogP contribution in [0.1, 0.15) is 18.4 Å². The van der Waals surface area contributed by atoms with Crippen molar-refractivity contribution in [3.8, 4) is 0 Å². The highest BCUT2D eigenvalue weighted by atomic mass is 32.2. The van der Waals surface area contributed by atoms with E-state index in [0.717, 1.165) is 24.0 Å². The van der Waals surface area contributed by atoms with Crippen molar-refractivity contribution in [1.82, 2.24) is 0 Å². The van der Waals surface area contributed by atoms with E-state index in [2.05, 4.69) is 68.7 Å². The van der Waals surface area contributed by atoms with Crippen LogP contribution in [-0.4, -0.2) is 43.8 Å². The molecule has 5 heteroatoms. The lowest BCUT2D eigenvalue weighted by atomic mass is 9.91. The number of benzene rings is 4. The van der Waals surface area contributed by atoms with Crippen LogP contribution in [0.2, 0.25) is 0 Å². The Morgan fingerprint density at radius 1 is 0.821 bits per heavy atom. The average molecular weight is 397 g/mol. The zero-order chi connectivity index (χ0) is 19.9. The molecule has 4 aromatic carbocycles. The number of unbranched alkanes of at least 4 members (excludes halogenated alkanes) is 1. The van der Waals surface area contributed by atoms with Crippen molar-refractivity contribution in [3.63, 3.8) is 0 Å². The Balaban J connectivity index is 1.65. The van der Waals surface area contributed by atoms with E-state index >= 15 is 0 Å². The van der Waals surface area contributed by atoms with E-state index in [1.165, 1.54) is 37.9 Å². The first-order valence-electron chi connectivity index (χ1n) is 9.66. The van der Waals surface area contributed by atoms with Gasteiger partial charge in [-0.2, -0.15) is 8.42 Å². The summed E-state index contributed by atoms with van der Waals surface area (Å²) in [5.41, 5.74) is 1.31. The maximum atomic E-state index is 10.9. The van der Waals surface area contributed by atoms with Crippen molar-refractivity contribution in [2.24, 2.45) is 0 Å². The number of rotatable bonds is 7. The van der Waals surface area contributed by atoms with Gasteiger partial charge in [-0.25, -0.2) is 0 Å². The van der Waals surface area contributed by atoms with Gasteiger partial charge in [0.25, 0.3) is 10.1 Å². The van der Waals surface area contributed by atoms with E-state index in [4.69, 9.17) is 4.55 Å². The van der Waals surface area contributed by atoms with E-state index in [9.17, 15) is 8.42 Å². The second kappa shape index (κ2) is 6.99. The summed E-state index contributed by atoms with van der Waals surface area (Å²) in [6, 6.07) is 19.7. The fourth-order valence-corrected chi connectivity index (χ4v) is 4.87. The van der Waals surface area contributed by atoms with Gasteiger partial charge >= 0.3 is 0 Å². The lowest BCUT2D eigenvalue weighted by Crippen LogP contribution is -2.39. The lowest BCUT2D eigenvalue weighted by Gasteiger charge is -2.30. The van der Waals surface area contributed by atoms with Gasteiger partial charge in [-0.15, -0.1) is 0 Å². The summed E-state index contributed by atoms with van der Waals surface area (Å²) in [5, 5.41) is 7.77. The summed E-state index contributed by atoms with van der Waals surface area (Å²) < 4.78 is 31.5. The standard InChI is InChI=1S/C23H25NO3S/c1-24(2,14-3-4-15-28(25,26)27)16-20-11-10-19-9-8-17-6-5-7-18-12-13-21(20)23(19)22(17)18/h5-13H,3-4,14-16H2,1-2H3/p+1. The molecular weight excluding hydrogens is 370 g/mol. The van der Waals surface area contributed by atoms with E-state index in [0.29, 0.717) is 6.42 Å². The Morgan fingerprint density at radius 2 is 1.43 bits per heavy atom. The number of hydrogen-bond donors (Lipinski definition) is 1. The molecule has 146 valence electrons. The predicted octanol–water partition coefficient (Wildman–Crippen LogP) is 4.83. The topological polar surface area (TPSA) is 54.4 Å². The zero-order valence-electron chi connectivity index (χ0n) is 16.4. The molecule has 4 nitrogen and oxygen atoms in total. The highest BCUT2D eigenvalue weighted by molar-refractivity contribution is 7.85. The highest BCUT2D eigenvalue weighted by Crippen LogP contribution is 2.36. The minimum atomic E-state index is -3.87. The van der Waals surface area contributed by atoms with Crippen molar-refractivity contribution in [2.75, 3.05) is 26.4 Å². The van der Waals surface area contributed by atoms with E-state index < -0.39 is 10.1 Å². The first-order chi connectivity index (χ1) is 13.2. The second-order valence-corrected chi connectivity index (χ2v) is 9.96. The third-order valence-electron chi connectivity index (χ3n) is 5.63. The molecule has 0 bridgehead atoms. The van der Waals surface area contributed by atoms with E-state index in [-0.39, 0.29) is 5.75 Å². The predicted molar refractivity (Wildman–Crippen MR) is 116 cm³/mol. The van der Waals surface area contributed by atoms with Gasteiger partial charge in [-0.3, -0.25) is 4.55 Å². The number of quaternary nitrogens is 1. The van der Waals surface area contributed by atoms with E-state index in [1.807, 2.05) is 0 Å². The summed E-state index contributed by atoms with van der Waals surface area (Å²) in [6.45, 7) is 1.73. The Labute approximate surface area is 166 Å². The molecular formula is C23H26NO3S+. The Kier molecular flexibility index (Phi) is 4.78. The van der Waals surface area contributed by atoms with Crippen molar-refractivity contribution >= 4 is 42.4 Å². The molecule has 0 aromatic heterocycles. The van der Waals surface area contributed by atoms with Gasteiger partial charge in [0.05, 0.1) is 26.4 Å². The van der Waals surface area contributed by atoms with Gasteiger partial charge < -0.3 is 4.48 Å². The zero-order valence-corrected chi connectivity index (χ0v) is 17.2. The first-order valence-corrected chi connectivity index (χ1v) is 11.3. The lowest BCUT2D eigenvalue weighted by molar-refractivity contribution is -0.903. The quantitative estimate of drug-likeness (QED) is 0.211. The third kappa shape index (κ3) is 3.83. The van der Waals surface area contributed by atoms with Crippen molar-refractivity contribution < 1.29 is 17.5 Å². The number of nitrogens with zero attached hydrogens (tertiary/aromatic N) is 1. The molecule has 0 unspecified atom stereocenters. The molecule has 0 amide bonds. The molecule has 1 N–H and O–H groups in total. The molecule has 0 aliphatic heterocycles. The molecule has 0 saturated heterocycles. The molecule has 0 aliphatic rings. The second-order valence-electron chi connectivity index (χ2n) is 8.39. The summed E-state index contributed by atoms with van der Waals surface area (Å²) >= 11 is 0. The Hall–Kier alpha value is -2.21. The molecule has 0 saturated carbocycles. The average Bonchev–Trinajstić information content (AvgIpc) is 2.64. The Morgan fingerprint density at radius 3 is 2.11 bits per heavy atom. The smallest absolute Gasteiger partial charge is 0.264 e. The molecule has 4 rings (SSSR count). The van der Waals surface area contributed by atoms with Crippen LogP contribution < -0.4 is 0 Å². The molecule has 28 heavy (non-hydrogen) atoms. The molecule has 0 fully saturated rings. The number of hydrogen-bond acceptors (Lipinski definition) is 2. The van der Waals surface area contributed by atoms with Crippen LogP contribution in [0.25, 0.3) is 32.3 Å². The molecule has 4 aromatic rings. The van der Waals surface area contributed by atoms with Crippen molar-refractivity contribution in [2.45, 2.75) is 19.4 Å². The minimum absolute atomic E-state index is 0.161. The van der Waals surface area contributed by atoms with Gasteiger partial charge in [0, 0.05) is 5.56 Å². The molecule has 0 heterocycles. The van der Waals surface area contributed by atoms with Gasteiger partial charge in [0.15, 0.2) is 0 Å². The maximum absolute atomic E-state index is 10.9. The van der Waals surface area contributed by atoms with Gasteiger partial charge in [-0.05, 0) is 45.2 Å². The summed E-state index contributed by atoms with van der Waals surface area (Å²) in [5.74, 6) is -0.161. The van der Waals surface area contributed by atoms with E-state index in [1.54, 1.807) is 0 Å². The summed E-state index contributed by atoms with van der Waals surface area (Å²) in [6.07, 6.45) is 1.25. The maximum Gasteiger partial charge on any atom is 0.264 e.